The van der Waals surface area contributed by atoms with Crippen molar-refractivity contribution < 1.29 is 4.42 Å². The minimum absolute atomic E-state index is 0.572. The molecule has 170 valence electrons. The summed E-state index contributed by atoms with van der Waals surface area (Å²) < 4.78 is 9.01. The Morgan fingerprint density at radius 2 is 1.79 bits per heavy atom. The Hall–Kier alpha value is -2.63. The number of hydrogen-bond donors (Lipinski definition) is 0. The van der Waals surface area contributed by atoms with Gasteiger partial charge >= 0.3 is 0 Å². The molecule has 0 radical (unpaired) electrons. The van der Waals surface area contributed by atoms with E-state index in [9.17, 15) is 0 Å². The normalized spacial score (nSPS) is 14.7. The first-order valence-corrected chi connectivity index (χ1v) is 14.8. The first-order chi connectivity index (χ1) is 16.9. The van der Waals surface area contributed by atoms with Crippen LogP contribution in [0.4, 0.5) is 0 Å². The zero-order chi connectivity index (χ0) is 22.9. The largest absolute Gasteiger partial charge is 0.464 e. The lowest BCUT2D eigenvalue weighted by Crippen LogP contribution is -2.28. The molecule has 0 saturated carbocycles. The van der Waals surface area contributed by atoms with E-state index in [-0.39, 0.29) is 0 Å². The van der Waals surface area contributed by atoms with Crippen LogP contribution < -0.4 is 15.1 Å². The number of benzene rings is 3. The van der Waals surface area contributed by atoms with Gasteiger partial charge in [0.25, 0.3) is 0 Å². The highest BCUT2D eigenvalue weighted by molar-refractivity contribution is 7.84. The number of unbranched alkanes of at least 4 members (excludes halogenated alkanes) is 1. The molecule has 1 aliphatic rings. The van der Waals surface area contributed by atoms with Gasteiger partial charge in [-0.3, -0.25) is 0 Å². The fourth-order valence-electron chi connectivity index (χ4n) is 5.11. The maximum atomic E-state index is 6.12. The monoisotopic (exact) mass is 481 g/mol. The van der Waals surface area contributed by atoms with Gasteiger partial charge in [0.1, 0.15) is 5.58 Å². The predicted octanol–water partition coefficient (Wildman–Crippen LogP) is 8.32. The summed E-state index contributed by atoms with van der Waals surface area (Å²) in [6.45, 7) is 3.40. The molecule has 2 unspecified atom stereocenters. The zero-order valence-corrected chi connectivity index (χ0v) is 21.3. The van der Waals surface area contributed by atoms with Gasteiger partial charge in [0.05, 0.1) is 6.26 Å². The molecule has 0 bridgehead atoms. The van der Waals surface area contributed by atoms with Crippen molar-refractivity contribution in [3.8, 4) is 0 Å². The maximum Gasteiger partial charge on any atom is 0.143 e. The third-order valence-electron chi connectivity index (χ3n) is 6.68. The molecule has 5 aromatic rings. The first-order valence-electron chi connectivity index (χ1n) is 12.2. The van der Waals surface area contributed by atoms with Crippen molar-refractivity contribution in [3.05, 3.63) is 102 Å². The molecular formula is C30H29NOP2. The van der Waals surface area contributed by atoms with Gasteiger partial charge in [0.15, 0.2) is 0 Å². The zero-order valence-electron chi connectivity index (χ0n) is 19.5. The molecule has 34 heavy (non-hydrogen) atoms. The number of nitrogens with zero attached hydrogens (tertiary/aromatic N) is 1. The van der Waals surface area contributed by atoms with Crippen molar-refractivity contribution >= 4 is 53.9 Å². The molecule has 2 heterocycles. The smallest absolute Gasteiger partial charge is 0.143 e. The molecule has 0 N–H and O–H groups in total. The summed E-state index contributed by atoms with van der Waals surface area (Å²) in [7, 11) is -1.33. The number of rotatable bonds is 7. The van der Waals surface area contributed by atoms with E-state index in [0.717, 1.165) is 25.0 Å². The summed E-state index contributed by atoms with van der Waals surface area (Å²) in [5, 5.41) is 8.56. The highest BCUT2D eigenvalue weighted by Crippen LogP contribution is 2.58. The van der Waals surface area contributed by atoms with Crippen LogP contribution in [0, 0.1) is 0 Å². The Kier molecular flexibility index (Phi) is 6.15. The quantitative estimate of drug-likeness (QED) is 0.217. The van der Waals surface area contributed by atoms with Crippen LogP contribution in [0.1, 0.15) is 37.0 Å². The standard InChI is InChI=1S/C30H29NOP2/c1-2-3-21-31(34-27-17-9-7-15-25(27)26-16-8-10-18-28(26)34)33(24-13-5-4-6-14-24)29-19-11-12-23-20-22-32-30(23)29/h4-9,11-17,19-20,22H,2-3,10,18,21H2,1H3. The molecule has 0 fully saturated rings. The van der Waals surface area contributed by atoms with Gasteiger partial charge in [0.2, 0.25) is 0 Å². The minimum atomic E-state index is -0.758. The van der Waals surface area contributed by atoms with Crippen LogP contribution in [0.2, 0.25) is 0 Å². The Labute approximate surface area is 203 Å². The predicted molar refractivity (Wildman–Crippen MR) is 151 cm³/mol. The van der Waals surface area contributed by atoms with Crippen molar-refractivity contribution in [2.45, 2.75) is 32.6 Å². The van der Waals surface area contributed by atoms with Gasteiger partial charge in [-0.2, -0.15) is 0 Å². The fraction of sp³-hybridized carbons (Fsp3) is 0.200. The van der Waals surface area contributed by atoms with Crippen LogP contribution >= 0.6 is 15.8 Å². The third-order valence-corrected chi connectivity index (χ3v) is 12.5. The van der Waals surface area contributed by atoms with E-state index in [0.29, 0.717) is 0 Å². The molecule has 1 aliphatic carbocycles. The van der Waals surface area contributed by atoms with Crippen molar-refractivity contribution in [1.29, 1.82) is 0 Å². The van der Waals surface area contributed by atoms with Gasteiger partial charge in [0, 0.05) is 30.4 Å². The van der Waals surface area contributed by atoms with E-state index < -0.39 is 15.8 Å². The van der Waals surface area contributed by atoms with Crippen LogP contribution in [-0.2, 0) is 6.42 Å². The number of para-hydroxylation sites is 1. The van der Waals surface area contributed by atoms with Crippen LogP contribution in [0.5, 0.6) is 0 Å². The number of furan rings is 1. The van der Waals surface area contributed by atoms with Gasteiger partial charge in [-0.05, 0) is 66.7 Å². The molecule has 0 aliphatic heterocycles. The molecule has 4 heteroatoms. The minimum Gasteiger partial charge on any atom is -0.464 e. The summed E-state index contributed by atoms with van der Waals surface area (Å²) in [4.78, 5) is 0. The summed E-state index contributed by atoms with van der Waals surface area (Å²) in [5.41, 5.74) is 2.52. The van der Waals surface area contributed by atoms with E-state index in [2.05, 4.69) is 102 Å². The lowest BCUT2D eigenvalue weighted by Gasteiger charge is -2.34. The van der Waals surface area contributed by atoms with Crippen LogP contribution in [0.3, 0.4) is 0 Å². The molecule has 6 rings (SSSR count). The maximum absolute atomic E-state index is 6.12. The van der Waals surface area contributed by atoms with Crippen molar-refractivity contribution in [1.82, 2.24) is 0 Å². The Bertz CT molecular complexity index is 1460. The van der Waals surface area contributed by atoms with Gasteiger partial charge < -0.3 is 4.42 Å². The molecule has 2 nitrogen and oxygen atoms in total. The van der Waals surface area contributed by atoms with E-state index in [1.54, 1.807) is 5.30 Å². The number of allylic oxidation sites excluding steroid dienone is 1. The molecule has 2 aromatic heterocycles. The molecule has 2 atom stereocenters. The molecule has 0 spiro atoms. The average Bonchev–Trinajstić information content (AvgIpc) is 3.50. The SMILES string of the molecule is CCCCN(P(c1ccccc1)c1cccc2ccoc12)p1c2c(c3ccccc31)C=CCC2. The Morgan fingerprint density at radius 3 is 2.68 bits per heavy atom. The Balaban J connectivity index is 1.64. The summed E-state index contributed by atoms with van der Waals surface area (Å²) >= 11 is 0. The third kappa shape index (κ3) is 3.75. The Morgan fingerprint density at radius 1 is 0.941 bits per heavy atom. The summed E-state index contributed by atoms with van der Waals surface area (Å²) in [6.07, 6.45) is 11.3. The van der Waals surface area contributed by atoms with Gasteiger partial charge in [-0.1, -0.05) is 86.2 Å². The topological polar surface area (TPSA) is 16.4 Å². The van der Waals surface area contributed by atoms with E-state index in [1.165, 1.54) is 44.9 Å². The second kappa shape index (κ2) is 9.55. The number of fused-ring (bicyclic) bond motifs is 4. The highest BCUT2D eigenvalue weighted by atomic mass is 31.2. The highest BCUT2D eigenvalue weighted by Gasteiger charge is 2.31. The second-order valence-electron chi connectivity index (χ2n) is 8.84. The van der Waals surface area contributed by atoms with E-state index >= 15 is 0 Å². The summed E-state index contributed by atoms with van der Waals surface area (Å²) in [5.74, 6) is 0. The van der Waals surface area contributed by atoms with Gasteiger partial charge in [-0.25, -0.2) is 4.44 Å². The van der Waals surface area contributed by atoms with Gasteiger partial charge in [-0.15, -0.1) is 0 Å². The van der Waals surface area contributed by atoms with Crippen LogP contribution in [0.25, 0.3) is 27.5 Å². The molecular weight excluding hydrogens is 452 g/mol. The van der Waals surface area contributed by atoms with Crippen molar-refractivity contribution in [2.24, 2.45) is 0 Å². The second-order valence-corrected chi connectivity index (χ2v) is 13.4. The molecule has 3 aromatic carbocycles. The van der Waals surface area contributed by atoms with Crippen LogP contribution in [-0.4, -0.2) is 6.54 Å². The van der Waals surface area contributed by atoms with E-state index in [4.69, 9.17) is 4.42 Å². The lowest BCUT2D eigenvalue weighted by atomic mass is 10.0. The molecule has 0 amide bonds. The van der Waals surface area contributed by atoms with Crippen LogP contribution in [0.15, 0.2) is 95.6 Å². The average molecular weight is 482 g/mol. The van der Waals surface area contributed by atoms with Crippen molar-refractivity contribution in [3.63, 3.8) is 0 Å². The lowest BCUT2D eigenvalue weighted by molar-refractivity contribution is 0.618. The first kappa shape index (κ1) is 21.9. The molecule has 0 saturated heterocycles. The summed E-state index contributed by atoms with van der Waals surface area (Å²) in [6, 6.07) is 29.1. The van der Waals surface area contributed by atoms with Crippen molar-refractivity contribution in [2.75, 3.05) is 11.0 Å². The van der Waals surface area contributed by atoms with E-state index in [1.807, 2.05) is 6.26 Å². The number of hydrogen-bond acceptors (Lipinski definition) is 2. The fourth-order valence-corrected chi connectivity index (χ4v) is 11.8.